The second kappa shape index (κ2) is 7.08. The fraction of sp³-hybridized carbons (Fsp3) is 0.867. The van der Waals surface area contributed by atoms with Crippen LogP contribution >= 0.6 is 11.8 Å². The third-order valence-corrected chi connectivity index (χ3v) is 6.30. The van der Waals surface area contributed by atoms with E-state index >= 15 is 0 Å². The molecule has 3 saturated heterocycles. The summed E-state index contributed by atoms with van der Waals surface area (Å²) in [4.78, 5) is 25.5. The number of unbranched alkanes of at least 4 members (excludes halogenated alkanes) is 1. The number of carbonyl (C=O) groups excluding carboxylic acids is 2. The van der Waals surface area contributed by atoms with Crippen LogP contribution in [0.15, 0.2) is 0 Å². The van der Waals surface area contributed by atoms with Crippen LogP contribution in [0.25, 0.3) is 0 Å². The first kappa shape index (κ1) is 15.9. The molecule has 3 heterocycles. The lowest BCUT2D eigenvalue weighted by molar-refractivity contribution is -0.132. The van der Waals surface area contributed by atoms with Crippen LogP contribution in [0.4, 0.5) is 4.79 Å². The van der Waals surface area contributed by atoms with E-state index < -0.39 is 0 Å². The summed E-state index contributed by atoms with van der Waals surface area (Å²) in [6, 6.07) is 0.958. The molecule has 3 aliphatic rings. The highest BCUT2D eigenvalue weighted by molar-refractivity contribution is 8.00. The number of hydrogen-bond donors (Lipinski definition) is 3. The minimum Gasteiger partial charge on any atom is -0.340 e. The average Bonchev–Trinajstić information content (AvgIpc) is 3.03. The minimum atomic E-state index is -0.0247. The maximum atomic E-state index is 12.2. The number of rotatable bonds is 5. The summed E-state index contributed by atoms with van der Waals surface area (Å²) < 4.78 is 0. The number of thioether (sulfide) groups is 1. The molecule has 0 spiro atoms. The van der Waals surface area contributed by atoms with Crippen molar-refractivity contribution in [2.45, 2.75) is 56.0 Å². The first-order chi connectivity index (χ1) is 10.6. The molecule has 0 radical (unpaired) electrons. The number of fused-ring (bicyclic) bond motifs is 1. The third kappa shape index (κ3) is 3.68. The molecule has 0 saturated carbocycles. The van der Waals surface area contributed by atoms with Gasteiger partial charge in [0.25, 0.3) is 0 Å². The largest absolute Gasteiger partial charge is 0.340 e. The molecular formula is C15H26N4O2S. The SMILES string of the molecule is CC1CN(C(=O)CCCC[C@@H]2SC[C@@H]3NC(=O)N[C@@H]32)CCN1. The highest BCUT2D eigenvalue weighted by Gasteiger charge is 2.42. The molecule has 3 N–H and O–H groups in total. The topological polar surface area (TPSA) is 73.5 Å². The van der Waals surface area contributed by atoms with Gasteiger partial charge < -0.3 is 20.9 Å². The van der Waals surface area contributed by atoms with Crippen LogP contribution in [0, 0.1) is 0 Å². The van der Waals surface area contributed by atoms with Gasteiger partial charge in [0.05, 0.1) is 12.1 Å². The van der Waals surface area contributed by atoms with E-state index in [0.29, 0.717) is 29.7 Å². The molecule has 0 aromatic rings. The first-order valence-electron chi connectivity index (χ1n) is 8.33. The summed E-state index contributed by atoms with van der Waals surface area (Å²) in [5.41, 5.74) is 0. The van der Waals surface area contributed by atoms with Crippen LogP contribution in [0.3, 0.4) is 0 Å². The summed E-state index contributed by atoms with van der Waals surface area (Å²) in [5, 5.41) is 9.84. The quantitative estimate of drug-likeness (QED) is 0.509. The van der Waals surface area contributed by atoms with Crippen molar-refractivity contribution in [3.05, 3.63) is 0 Å². The van der Waals surface area contributed by atoms with E-state index in [1.54, 1.807) is 0 Å². The number of carbonyl (C=O) groups is 2. The number of nitrogens with one attached hydrogen (secondary N) is 3. The molecule has 1 unspecified atom stereocenters. The van der Waals surface area contributed by atoms with Crippen molar-refractivity contribution in [2.75, 3.05) is 25.4 Å². The van der Waals surface area contributed by atoms with Crippen molar-refractivity contribution in [1.29, 1.82) is 0 Å². The molecule has 0 aliphatic carbocycles. The predicted molar refractivity (Wildman–Crippen MR) is 88.0 cm³/mol. The predicted octanol–water partition coefficient (Wildman–Crippen LogP) is 0.533. The normalized spacial score (nSPS) is 34.2. The molecule has 0 aromatic carbocycles. The Bertz CT molecular complexity index is 434. The highest BCUT2D eigenvalue weighted by Crippen LogP contribution is 2.33. The molecule has 124 valence electrons. The fourth-order valence-electron chi connectivity index (χ4n) is 3.58. The van der Waals surface area contributed by atoms with Gasteiger partial charge in [0.1, 0.15) is 0 Å². The second-order valence-electron chi connectivity index (χ2n) is 6.56. The van der Waals surface area contributed by atoms with Crippen LogP contribution in [-0.4, -0.2) is 65.6 Å². The van der Waals surface area contributed by atoms with Gasteiger partial charge in [-0.15, -0.1) is 0 Å². The number of nitrogens with zero attached hydrogens (tertiary/aromatic N) is 1. The van der Waals surface area contributed by atoms with Crippen LogP contribution in [0.2, 0.25) is 0 Å². The summed E-state index contributed by atoms with van der Waals surface area (Å²) in [7, 11) is 0. The lowest BCUT2D eigenvalue weighted by Crippen LogP contribution is -2.51. The number of amides is 3. The molecule has 22 heavy (non-hydrogen) atoms. The molecule has 0 bridgehead atoms. The van der Waals surface area contributed by atoms with Gasteiger partial charge in [-0.1, -0.05) is 6.42 Å². The Kier molecular flexibility index (Phi) is 5.13. The van der Waals surface area contributed by atoms with Crippen molar-refractivity contribution in [1.82, 2.24) is 20.9 Å². The molecule has 6 nitrogen and oxygen atoms in total. The maximum absolute atomic E-state index is 12.2. The van der Waals surface area contributed by atoms with Crippen LogP contribution in [-0.2, 0) is 4.79 Å². The molecule has 3 fully saturated rings. The van der Waals surface area contributed by atoms with E-state index in [2.05, 4.69) is 22.9 Å². The Morgan fingerprint density at radius 3 is 3.05 bits per heavy atom. The van der Waals surface area contributed by atoms with E-state index in [0.717, 1.165) is 44.6 Å². The highest BCUT2D eigenvalue weighted by atomic mass is 32.2. The van der Waals surface area contributed by atoms with Gasteiger partial charge in [0, 0.05) is 43.1 Å². The number of piperazine rings is 1. The van der Waals surface area contributed by atoms with Crippen LogP contribution in [0.5, 0.6) is 0 Å². The first-order valence-corrected chi connectivity index (χ1v) is 9.38. The smallest absolute Gasteiger partial charge is 0.315 e. The van der Waals surface area contributed by atoms with Gasteiger partial charge in [0.2, 0.25) is 5.91 Å². The third-order valence-electron chi connectivity index (χ3n) is 4.79. The van der Waals surface area contributed by atoms with E-state index in [1.807, 2.05) is 16.7 Å². The molecule has 3 aliphatic heterocycles. The minimum absolute atomic E-state index is 0.0247. The van der Waals surface area contributed by atoms with Gasteiger partial charge in [-0.2, -0.15) is 11.8 Å². The molecular weight excluding hydrogens is 300 g/mol. The van der Waals surface area contributed by atoms with Crippen molar-refractivity contribution in [2.24, 2.45) is 0 Å². The molecule has 4 atom stereocenters. The lowest BCUT2D eigenvalue weighted by atomic mass is 10.0. The van der Waals surface area contributed by atoms with Crippen molar-refractivity contribution in [3.8, 4) is 0 Å². The molecule has 7 heteroatoms. The summed E-state index contributed by atoms with van der Waals surface area (Å²) in [6.45, 7) is 4.69. The molecule has 0 aromatic heterocycles. The Morgan fingerprint density at radius 2 is 2.23 bits per heavy atom. The molecule has 3 amide bonds. The Labute approximate surface area is 136 Å². The summed E-state index contributed by atoms with van der Waals surface area (Å²) in [6.07, 6.45) is 3.75. The standard InChI is InChI=1S/C15H26N4O2S/c1-10-8-19(7-6-16-10)13(20)5-3-2-4-12-14-11(9-22-12)17-15(21)18-14/h10-12,14,16H,2-9H2,1H3,(H2,17,18,21)/t10?,11-,12-,14-/m0/s1. The number of hydrogen-bond acceptors (Lipinski definition) is 4. The van der Waals surface area contributed by atoms with Gasteiger partial charge in [0.15, 0.2) is 0 Å². The summed E-state index contributed by atoms with van der Waals surface area (Å²) >= 11 is 1.94. The Morgan fingerprint density at radius 1 is 1.36 bits per heavy atom. The van der Waals surface area contributed by atoms with Gasteiger partial charge >= 0.3 is 6.03 Å². The zero-order valence-corrected chi connectivity index (χ0v) is 14.0. The summed E-state index contributed by atoms with van der Waals surface area (Å²) in [5.74, 6) is 1.30. The van der Waals surface area contributed by atoms with Crippen LogP contribution in [0.1, 0.15) is 32.6 Å². The van der Waals surface area contributed by atoms with Crippen molar-refractivity contribution < 1.29 is 9.59 Å². The van der Waals surface area contributed by atoms with Crippen molar-refractivity contribution >= 4 is 23.7 Å². The average molecular weight is 326 g/mol. The van der Waals surface area contributed by atoms with E-state index in [-0.39, 0.29) is 12.1 Å². The van der Waals surface area contributed by atoms with Gasteiger partial charge in [-0.3, -0.25) is 4.79 Å². The monoisotopic (exact) mass is 326 g/mol. The fourth-order valence-corrected chi connectivity index (χ4v) is 5.13. The van der Waals surface area contributed by atoms with E-state index in [9.17, 15) is 9.59 Å². The Balaban J connectivity index is 1.34. The van der Waals surface area contributed by atoms with Gasteiger partial charge in [-0.25, -0.2) is 4.79 Å². The van der Waals surface area contributed by atoms with E-state index in [1.165, 1.54) is 0 Å². The van der Waals surface area contributed by atoms with Crippen LogP contribution < -0.4 is 16.0 Å². The van der Waals surface area contributed by atoms with Crippen molar-refractivity contribution in [3.63, 3.8) is 0 Å². The second-order valence-corrected chi connectivity index (χ2v) is 7.83. The maximum Gasteiger partial charge on any atom is 0.315 e. The number of urea groups is 1. The zero-order valence-electron chi connectivity index (χ0n) is 13.1. The lowest BCUT2D eigenvalue weighted by Gasteiger charge is -2.32. The zero-order chi connectivity index (χ0) is 15.5. The van der Waals surface area contributed by atoms with Gasteiger partial charge in [-0.05, 0) is 19.8 Å². The van der Waals surface area contributed by atoms with E-state index in [4.69, 9.17) is 0 Å². The Hall–Kier alpha value is -0.950. The molecule has 3 rings (SSSR count).